The van der Waals surface area contributed by atoms with E-state index in [1.807, 2.05) is 0 Å². The van der Waals surface area contributed by atoms with Crippen molar-refractivity contribution in [1.82, 2.24) is 9.47 Å². The zero-order valence-corrected chi connectivity index (χ0v) is 16.2. The van der Waals surface area contributed by atoms with Gasteiger partial charge in [-0.1, -0.05) is 19.3 Å². The molecule has 0 bridgehead atoms. The number of nitrogens with zero attached hydrogens (tertiary/aromatic N) is 2. The number of thioether (sulfide) groups is 1. The second-order valence-electron chi connectivity index (χ2n) is 6.83. The highest BCUT2D eigenvalue weighted by Gasteiger charge is 2.36. The Bertz CT molecular complexity index is 775. The fourth-order valence-corrected chi connectivity index (χ4v) is 4.65. The van der Waals surface area contributed by atoms with Gasteiger partial charge < -0.3 is 9.30 Å². The predicted molar refractivity (Wildman–Crippen MR) is 101 cm³/mol. The number of hydrogen-bond donors (Lipinski definition) is 0. The van der Waals surface area contributed by atoms with E-state index in [1.165, 1.54) is 44.9 Å². The van der Waals surface area contributed by atoms with E-state index in [2.05, 4.69) is 29.2 Å². The number of rotatable bonds is 4. The van der Waals surface area contributed by atoms with E-state index >= 15 is 0 Å². The first-order valence-electron chi connectivity index (χ1n) is 8.93. The number of imide groups is 1. The van der Waals surface area contributed by atoms with Gasteiger partial charge in [-0.3, -0.25) is 19.3 Å². The van der Waals surface area contributed by atoms with Crippen LogP contribution in [0.5, 0.6) is 0 Å². The van der Waals surface area contributed by atoms with Crippen molar-refractivity contribution in [3.63, 3.8) is 0 Å². The summed E-state index contributed by atoms with van der Waals surface area (Å²) in [6.45, 7) is 3.80. The second kappa shape index (κ2) is 7.70. The molecule has 2 amide bonds. The van der Waals surface area contributed by atoms with Crippen LogP contribution in [0.3, 0.4) is 0 Å². The Morgan fingerprint density at radius 3 is 2.62 bits per heavy atom. The second-order valence-corrected chi connectivity index (χ2v) is 7.83. The molecule has 2 aliphatic rings. The maximum atomic E-state index is 12.5. The van der Waals surface area contributed by atoms with E-state index in [4.69, 9.17) is 0 Å². The third kappa shape index (κ3) is 3.58. The van der Waals surface area contributed by atoms with Gasteiger partial charge in [0.2, 0.25) is 0 Å². The molecule has 26 heavy (non-hydrogen) atoms. The summed E-state index contributed by atoms with van der Waals surface area (Å²) in [4.78, 5) is 37.2. The van der Waals surface area contributed by atoms with Gasteiger partial charge in [0, 0.05) is 17.4 Å². The molecule has 0 aromatic carbocycles. The number of aromatic nitrogens is 1. The molecule has 0 N–H and O–H groups in total. The van der Waals surface area contributed by atoms with E-state index in [0.29, 0.717) is 10.9 Å². The van der Waals surface area contributed by atoms with E-state index in [1.54, 1.807) is 6.08 Å². The van der Waals surface area contributed by atoms with Gasteiger partial charge in [0.15, 0.2) is 0 Å². The molecule has 2 heterocycles. The Balaban J connectivity index is 1.85. The summed E-state index contributed by atoms with van der Waals surface area (Å²) in [5.74, 6) is -1.04. The van der Waals surface area contributed by atoms with Crippen LogP contribution < -0.4 is 0 Å². The summed E-state index contributed by atoms with van der Waals surface area (Å²) in [5.41, 5.74) is 3.25. The molecule has 1 saturated carbocycles. The van der Waals surface area contributed by atoms with E-state index in [-0.39, 0.29) is 6.54 Å². The van der Waals surface area contributed by atoms with Crippen molar-refractivity contribution in [2.45, 2.75) is 52.0 Å². The topological polar surface area (TPSA) is 68.6 Å². The molecule has 3 rings (SSSR count). The van der Waals surface area contributed by atoms with Crippen molar-refractivity contribution in [3.05, 3.63) is 27.9 Å². The minimum Gasteiger partial charge on any atom is -0.468 e. The first-order valence-corrected chi connectivity index (χ1v) is 9.74. The number of carbonyl (C=O) groups excluding carboxylic acids is 3. The normalized spacial score (nSPS) is 20.3. The molecule has 0 spiro atoms. The van der Waals surface area contributed by atoms with Gasteiger partial charge in [-0.25, -0.2) is 0 Å². The first-order chi connectivity index (χ1) is 12.4. The molecule has 140 valence electrons. The summed E-state index contributed by atoms with van der Waals surface area (Å²) >= 11 is 0.870. The maximum Gasteiger partial charge on any atom is 0.325 e. The van der Waals surface area contributed by atoms with Crippen molar-refractivity contribution in [2.24, 2.45) is 0 Å². The smallest absolute Gasteiger partial charge is 0.325 e. The minimum atomic E-state index is -0.607. The summed E-state index contributed by atoms with van der Waals surface area (Å²) < 4.78 is 6.92. The lowest BCUT2D eigenvalue weighted by molar-refractivity contribution is -0.143. The summed E-state index contributed by atoms with van der Waals surface area (Å²) in [7, 11) is 1.23. The van der Waals surface area contributed by atoms with Crippen LogP contribution in [0.1, 0.15) is 55.1 Å². The summed E-state index contributed by atoms with van der Waals surface area (Å²) in [5, 5.41) is -0.437. The SMILES string of the molecule is COC(=O)CN1C(=O)S/C(=C\c2cc(C)n(C3CCCCC3)c2C)C1=O. The average molecular weight is 376 g/mol. The fraction of sp³-hybridized carbons (Fsp3) is 0.526. The quantitative estimate of drug-likeness (QED) is 0.590. The van der Waals surface area contributed by atoms with Gasteiger partial charge >= 0.3 is 5.97 Å². The minimum absolute atomic E-state index is 0.348. The molecular weight excluding hydrogens is 352 g/mol. The Labute approximate surface area is 157 Å². The van der Waals surface area contributed by atoms with Crippen LogP contribution in [-0.4, -0.2) is 40.2 Å². The Morgan fingerprint density at radius 1 is 1.27 bits per heavy atom. The maximum absolute atomic E-state index is 12.5. The van der Waals surface area contributed by atoms with Gasteiger partial charge in [-0.15, -0.1) is 0 Å². The number of hydrogen-bond acceptors (Lipinski definition) is 5. The van der Waals surface area contributed by atoms with Crippen LogP contribution in [0.4, 0.5) is 4.79 Å². The molecule has 1 saturated heterocycles. The molecule has 0 atom stereocenters. The van der Waals surface area contributed by atoms with Crippen molar-refractivity contribution in [3.8, 4) is 0 Å². The third-order valence-corrected chi connectivity index (χ3v) is 6.05. The van der Waals surface area contributed by atoms with Crippen LogP contribution in [0.25, 0.3) is 6.08 Å². The van der Waals surface area contributed by atoms with Gasteiger partial charge in [0.05, 0.1) is 12.0 Å². The van der Waals surface area contributed by atoms with Gasteiger partial charge in [0.25, 0.3) is 11.1 Å². The summed E-state index contributed by atoms with van der Waals surface area (Å²) in [6, 6.07) is 2.58. The summed E-state index contributed by atoms with van der Waals surface area (Å²) in [6.07, 6.45) is 7.95. The van der Waals surface area contributed by atoms with Gasteiger partial charge in [-0.2, -0.15) is 0 Å². The van der Waals surface area contributed by atoms with Crippen molar-refractivity contribution < 1.29 is 19.1 Å². The highest BCUT2D eigenvalue weighted by Crippen LogP contribution is 2.36. The highest BCUT2D eigenvalue weighted by molar-refractivity contribution is 8.18. The van der Waals surface area contributed by atoms with Crippen molar-refractivity contribution in [1.29, 1.82) is 0 Å². The number of methoxy groups -OCH3 is 1. The molecule has 0 radical (unpaired) electrons. The van der Waals surface area contributed by atoms with Crippen LogP contribution in [0.15, 0.2) is 11.0 Å². The number of aryl methyl sites for hydroxylation is 1. The molecule has 1 aliphatic heterocycles. The molecular formula is C19H24N2O4S. The van der Waals surface area contributed by atoms with Crippen molar-refractivity contribution in [2.75, 3.05) is 13.7 Å². The predicted octanol–water partition coefficient (Wildman–Crippen LogP) is 3.82. The molecule has 6 nitrogen and oxygen atoms in total. The van der Waals surface area contributed by atoms with Crippen LogP contribution in [0.2, 0.25) is 0 Å². The molecule has 2 fully saturated rings. The zero-order chi connectivity index (χ0) is 18.8. The Morgan fingerprint density at radius 2 is 1.96 bits per heavy atom. The van der Waals surface area contributed by atoms with Gasteiger partial charge in [-0.05, 0) is 56.2 Å². The molecule has 7 heteroatoms. The number of amides is 2. The van der Waals surface area contributed by atoms with Crippen LogP contribution in [0, 0.1) is 13.8 Å². The fourth-order valence-electron chi connectivity index (χ4n) is 3.82. The largest absolute Gasteiger partial charge is 0.468 e. The molecule has 1 aromatic rings. The molecule has 1 aliphatic carbocycles. The van der Waals surface area contributed by atoms with E-state index in [9.17, 15) is 14.4 Å². The lowest BCUT2D eigenvalue weighted by Gasteiger charge is -2.26. The van der Waals surface area contributed by atoms with Crippen LogP contribution >= 0.6 is 11.8 Å². The monoisotopic (exact) mass is 376 g/mol. The Hall–Kier alpha value is -2.02. The van der Waals surface area contributed by atoms with Crippen LogP contribution in [-0.2, 0) is 14.3 Å². The average Bonchev–Trinajstić information content (AvgIpc) is 3.05. The Kier molecular flexibility index (Phi) is 5.55. The first kappa shape index (κ1) is 18.8. The van der Waals surface area contributed by atoms with E-state index < -0.39 is 17.1 Å². The lowest BCUT2D eigenvalue weighted by Crippen LogP contribution is -2.34. The van der Waals surface area contributed by atoms with Gasteiger partial charge in [0.1, 0.15) is 6.54 Å². The highest BCUT2D eigenvalue weighted by atomic mass is 32.2. The number of ether oxygens (including phenoxy) is 1. The van der Waals surface area contributed by atoms with Crippen molar-refractivity contribution >= 4 is 35.0 Å². The molecule has 1 aromatic heterocycles. The zero-order valence-electron chi connectivity index (χ0n) is 15.4. The molecule has 0 unspecified atom stereocenters. The van der Waals surface area contributed by atoms with E-state index in [0.717, 1.165) is 27.9 Å². The lowest BCUT2D eigenvalue weighted by atomic mass is 9.95. The number of carbonyl (C=O) groups is 3. The third-order valence-electron chi connectivity index (χ3n) is 5.14. The standard InChI is InChI=1S/C19H24N2O4S/c1-12-9-14(13(2)21(12)15-7-5-4-6-8-15)10-16-18(23)20(19(24)26-16)11-17(22)25-3/h9-10,15H,4-8,11H2,1-3H3/b16-10-. The number of esters is 1.